The van der Waals surface area contributed by atoms with Gasteiger partial charge in [-0.2, -0.15) is 0 Å². The van der Waals surface area contributed by atoms with E-state index < -0.39 is 0 Å². The van der Waals surface area contributed by atoms with E-state index in [0.29, 0.717) is 24.7 Å². The molecular formula is C13H20O4. The van der Waals surface area contributed by atoms with E-state index >= 15 is 0 Å². The Morgan fingerprint density at radius 2 is 1.94 bits per heavy atom. The minimum absolute atomic E-state index is 0.00372. The molecule has 1 aromatic carbocycles. The molecule has 0 spiro atoms. The first-order valence-electron chi connectivity index (χ1n) is 5.80. The van der Waals surface area contributed by atoms with Crippen molar-refractivity contribution in [1.29, 1.82) is 0 Å². The molecule has 0 heterocycles. The van der Waals surface area contributed by atoms with Gasteiger partial charge in [0.05, 0.1) is 20.3 Å². The molecule has 1 aromatic rings. The molecule has 0 saturated carbocycles. The number of ether oxygens (including phenoxy) is 3. The molecule has 0 radical (unpaired) electrons. The topological polar surface area (TPSA) is 47.9 Å². The van der Waals surface area contributed by atoms with E-state index in [1.165, 1.54) is 0 Å². The lowest BCUT2D eigenvalue weighted by atomic mass is 10.2. The van der Waals surface area contributed by atoms with Gasteiger partial charge in [0.25, 0.3) is 0 Å². The van der Waals surface area contributed by atoms with Crippen molar-refractivity contribution in [2.45, 2.75) is 20.0 Å². The van der Waals surface area contributed by atoms with Crippen LogP contribution in [0.1, 0.15) is 18.9 Å². The summed E-state index contributed by atoms with van der Waals surface area (Å²) in [5, 5.41) is 9.01. The van der Waals surface area contributed by atoms with Crippen molar-refractivity contribution < 1.29 is 19.3 Å². The number of hydrogen-bond donors (Lipinski definition) is 1. The Balaban J connectivity index is 2.46. The zero-order valence-corrected chi connectivity index (χ0v) is 10.4. The molecule has 0 saturated heterocycles. The minimum atomic E-state index is -0.00372. The molecule has 0 aliphatic heterocycles. The molecular weight excluding hydrogens is 220 g/mol. The lowest BCUT2D eigenvalue weighted by Gasteiger charge is -2.11. The minimum Gasteiger partial charge on any atom is -0.493 e. The van der Waals surface area contributed by atoms with Gasteiger partial charge in [0.2, 0.25) is 0 Å². The third-order valence-electron chi connectivity index (χ3n) is 2.24. The van der Waals surface area contributed by atoms with Crippen LogP contribution in [0.5, 0.6) is 11.5 Å². The second kappa shape index (κ2) is 7.92. The van der Waals surface area contributed by atoms with Gasteiger partial charge >= 0.3 is 0 Å². The largest absolute Gasteiger partial charge is 0.493 e. The van der Waals surface area contributed by atoms with Gasteiger partial charge in [-0.25, -0.2) is 0 Å². The number of rotatable bonds is 8. The van der Waals surface area contributed by atoms with Crippen LogP contribution in [0.4, 0.5) is 0 Å². The molecule has 0 amide bonds. The van der Waals surface area contributed by atoms with Crippen molar-refractivity contribution in [3.8, 4) is 11.5 Å². The van der Waals surface area contributed by atoms with Crippen molar-refractivity contribution in [2.24, 2.45) is 0 Å². The summed E-state index contributed by atoms with van der Waals surface area (Å²) in [7, 11) is 1.58. The first kappa shape index (κ1) is 13.8. The maximum Gasteiger partial charge on any atom is 0.161 e. The molecule has 1 N–H and O–H groups in total. The maximum absolute atomic E-state index is 9.01. The number of aliphatic hydroxyl groups is 1. The van der Waals surface area contributed by atoms with Gasteiger partial charge in [0.15, 0.2) is 11.5 Å². The van der Waals surface area contributed by atoms with Crippen LogP contribution in [0, 0.1) is 0 Å². The summed E-state index contributed by atoms with van der Waals surface area (Å²) in [6.07, 6.45) is 1.01. The van der Waals surface area contributed by atoms with Crippen molar-refractivity contribution in [3.63, 3.8) is 0 Å². The van der Waals surface area contributed by atoms with Gasteiger partial charge in [0.1, 0.15) is 6.61 Å². The highest BCUT2D eigenvalue weighted by molar-refractivity contribution is 5.42. The molecule has 4 nitrogen and oxygen atoms in total. The summed E-state index contributed by atoms with van der Waals surface area (Å²) in [5.74, 6) is 1.30. The van der Waals surface area contributed by atoms with Crippen molar-refractivity contribution in [1.82, 2.24) is 0 Å². The van der Waals surface area contributed by atoms with E-state index in [1.807, 2.05) is 6.07 Å². The molecule has 0 aromatic heterocycles. The fraction of sp³-hybridized carbons (Fsp3) is 0.538. The van der Waals surface area contributed by atoms with Crippen LogP contribution in [-0.2, 0) is 11.3 Å². The summed E-state index contributed by atoms with van der Waals surface area (Å²) >= 11 is 0. The second-order valence-electron chi connectivity index (χ2n) is 3.60. The molecule has 96 valence electrons. The third kappa shape index (κ3) is 4.63. The summed E-state index contributed by atoms with van der Waals surface area (Å²) in [4.78, 5) is 0. The molecule has 4 heteroatoms. The third-order valence-corrected chi connectivity index (χ3v) is 2.24. The second-order valence-corrected chi connectivity index (χ2v) is 3.60. The van der Waals surface area contributed by atoms with Crippen LogP contribution in [0.25, 0.3) is 0 Å². The van der Waals surface area contributed by atoms with Crippen LogP contribution < -0.4 is 9.47 Å². The van der Waals surface area contributed by atoms with E-state index in [0.717, 1.165) is 18.6 Å². The van der Waals surface area contributed by atoms with E-state index in [-0.39, 0.29) is 6.61 Å². The molecule has 0 atom stereocenters. The van der Waals surface area contributed by atoms with E-state index in [9.17, 15) is 0 Å². The summed E-state index contributed by atoms with van der Waals surface area (Å²) in [6, 6.07) is 5.37. The monoisotopic (exact) mass is 240 g/mol. The normalized spacial score (nSPS) is 10.3. The van der Waals surface area contributed by atoms with E-state index in [1.54, 1.807) is 19.2 Å². The van der Waals surface area contributed by atoms with Gasteiger partial charge in [0, 0.05) is 6.61 Å². The Hall–Kier alpha value is -1.26. The Morgan fingerprint density at radius 1 is 1.12 bits per heavy atom. The van der Waals surface area contributed by atoms with Crippen molar-refractivity contribution in [2.75, 3.05) is 26.9 Å². The van der Waals surface area contributed by atoms with Crippen LogP contribution in [-0.4, -0.2) is 32.0 Å². The number of methoxy groups -OCH3 is 1. The molecule has 0 bridgehead atoms. The Labute approximate surface area is 102 Å². The smallest absolute Gasteiger partial charge is 0.161 e. The fourth-order valence-corrected chi connectivity index (χ4v) is 1.39. The van der Waals surface area contributed by atoms with Crippen LogP contribution in [0.3, 0.4) is 0 Å². The first-order chi connectivity index (χ1) is 8.31. The molecule has 0 aliphatic rings. The van der Waals surface area contributed by atoms with Crippen molar-refractivity contribution in [3.05, 3.63) is 23.8 Å². The fourth-order valence-electron chi connectivity index (χ4n) is 1.39. The number of hydrogen-bond acceptors (Lipinski definition) is 4. The zero-order chi connectivity index (χ0) is 12.5. The summed E-state index contributed by atoms with van der Waals surface area (Å²) in [5.41, 5.74) is 0.802. The van der Waals surface area contributed by atoms with Crippen LogP contribution in [0.2, 0.25) is 0 Å². The molecule has 0 unspecified atom stereocenters. The Morgan fingerprint density at radius 3 is 2.59 bits per heavy atom. The van der Waals surface area contributed by atoms with Crippen LogP contribution >= 0.6 is 0 Å². The average molecular weight is 240 g/mol. The van der Waals surface area contributed by atoms with E-state index in [4.69, 9.17) is 19.3 Å². The number of benzene rings is 1. The van der Waals surface area contributed by atoms with Crippen LogP contribution in [0.15, 0.2) is 18.2 Å². The predicted octanol–water partition coefficient (Wildman–Crippen LogP) is 1.99. The molecule has 17 heavy (non-hydrogen) atoms. The highest BCUT2D eigenvalue weighted by Gasteiger charge is 2.05. The lowest BCUT2D eigenvalue weighted by Crippen LogP contribution is -2.07. The Kier molecular flexibility index (Phi) is 6.43. The SMILES string of the molecule is CCCOCCOc1ccc(CO)cc1OC. The summed E-state index contributed by atoms with van der Waals surface area (Å²) < 4.78 is 16.0. The average Bonchev–Trinajstić information content (AvgIpc) is 2.38. The lowest BCUT2D eigenvalue weighted by molar-refractivity contribution is 0.0995. The predicted molar refractivity (Wildman–Crippen MR) is 65.5 cm³/mol. The first-order valence-corrected chi connectivity index (χ1v) is 5.80. The number of aliphatic hydroxyl groups excluding tert-OH is 1. The molecule has 0 aliphatic carbocycles. The standard InChI is InChI=1S/C13H20O4/c1-3-6-16-7-8-17-12-5-4-11(10-14)9-13(12)15-2/h4-5,9,14H,3,6-8,10H2,1-2H3. The van der Waals surface area contributed by atoms with Crippen molar-refractivity contribution >= 4 is 0 Å². The highest BCUT2D eigenvalue weighted by Crippen LogP contribution is 2.27. The van der Waals surface area contributed by atoms with Gasteiger partial charge in [-0.3, -0.25) is 0 Å². The quantitative estimate of drug-likeness (QED) is 0.706. The zero-order valence-electron chi connectivity index (χ0n) is 10.4. The van der Waals surface area contributed by atoms with Gasteiger partial charge in [-0.1, -0.05) is 13.0 Å². The maximum atomic E-state index is 9.01. The highest BCUT2D eigenvalue weighted by atomic mass is 16.5. The summed E-state index contributed by atoms with van der Waals surface area (Å²) in [6.45, 7) is 3.88. The molecule has 0 fully saturated rings. The molecule has 1 rings (SSSR count). The van der Waals surface area contributed by atoms with Gasteiger partial charge in [-0.15, -0.1) is 0 Å². The van der Waals surface area contributed by atoms with E-state index in [2.05, 4.69) is 6.92 Å². The Bertz CT molecular complexity index is 325. The van der Waals surface area contributed by atoms with Gasteiger partial charge < -0.3 is 19.3 Å². The van der Waals surface area contributed by atoms with Gasteiger partial charge in [-0.05, 0) is 24.1 Å².